The first-order valence-electron chi connectivity index (χ1n) is 5.60. The number of primary amides is 2. The molecule has 18 heavy (non-hydrogen) atoms. The Bertz CT molecular complexity index is 296. The predicted molar refractivity (Wildman–Crippen MR) is 68.6 cm³/mol. The lowest BCUT2D eigenvalue weighted by Gasteiger charge is -2.39. The van der Waals surface area contributed by atoms with Crippen molar-refractivity contribution in [3.63, 3.8) is 0 Å². The fraction of sp³-hybridized carbons (Fsp3) is 0.800. The summed E-state index contributed by atoms with van der Waals surface area (Å²) in [6.07, 6.45) is 1.03. The fourth-order valence-corrected chi connectivity index (χ4v) is 1.45. The number of hydrogen-bond acceptors (Lipinski definition) is 4. The average Bonchev–Trinajstić information content (AvgIpc) is 2.24. The summed E-state index contributed by atoms with van der Waals surface area (Å²) in [4.78, 5) is 22.1. The standard InChI is InChI=1S/C10H24N6O2/c1-9(2,15(13)7(11)17)5-6-10(3,4)16(14)8(12)18/h5-6,13-14H2,1-4H3,(H2,11,17)(H2,12,18). The molecule has 0 aliphatic rings. The Kier molecular flexibility index (Phi) is 4.94. The van der Waals surface area contributed by atoms with Gasteiger partial charge in [-0.2, -0.15) is 0 Å². The Hall–Kier alpha value is -1.54. The van der Waals surface area contributed by atoms with Crippen molar-refractivity contribution in [3.05, 3.63) is 0 Å². The molecular weight excluding hydrogens is 236 g/mol. The largest absolute Gasteiger partial charge is 0.350 e. The molecule has 0 aromatic heterocycles. The number of urea groups is 2. The van der Waals surface area contributed by atoms with Crippen LogP contribution in [0.5, 0.6) is 0 Å². The van der Waals surface area contributed by atoms with Gasteiger partial charge in [-0.1, -0.05) is 0 Å². The fourth-order valence-electron chi connectivity index (χ4n) is 1.45. The summed E-state index contributed by atoms with van der Waals surface area (Å²) < 4.78 is 0. The summed E-state index contributed by atoms with van der Waals surface area (Å²) >= 11 is 0. The third-order valence-corrected chi connectivity index (χ3v) is 3.13. The highest BCUT2D eigenvalue weighted by atomic mass is 16.2. The molecule has 0 spiro atoms. The van der Waals surface area contributed by atoms with E-state index in [2.05, 4.69) is 0 Å². The van der Waals surface area contributed by atoms with E-state index in [1.54, 1.807) is 27.7 Å². The van der Waals surface area contributed by atoms with E-state index in [-0.39, 0.29) is 0 Å². The Balaban J connectivity index is 4.65. The molecule has 0 bridgehead atoms. The van der Waals surface area contributed by atoms with Gasteiger partial charge in [-0.05, 0) is 40.5 Å². The molecule has 0 rings (SSSR count). The van der Waals surface area contributed by atoms with Gasteiger partial charge < -0.3 is 11.5 Å². The van der Waals surface area contributed by atoms with Crippen LogP contribution < -0.4 is 23.2 Å². The highest BCUT2D eigenvalue weighted by Crippen LogP contribution is 2.25. The molecule has 8 heteroatoms. The van der Waals surface area contributed by atoms with Crippen molar-refractivity contribution in [2.75, 3.05) is 0 Å². The van der Waals surface area contributed by atoms with E-state index >= 15 is 0 Å². The molecule has 0 unspecified atom stereocenters. The van der Waals surface area contributed by atoms with Crippen molar-refractivity contribution in [3.8, 4) is 0 Å². The minimum absolute atomic E-state index is 0.514. The van der Waals surface area contributed by atoms with Crippen LogP contribution in [0.2, 0.25) is 0 Å². The van der Waals surface area contributed by atoms with Gasteiger partial charge in [-0.15, -0.1) is 0 Å². The summed E-state index contributed by atoms with van der Waals surface area (Å²) in [6.45, 7) is 7.11. The first kappa shape index (κ1) is 16.5. The lowest BCUT2D eigenvalue weighted by Crippen LogP contribution is -2.58. The molecule has 106 valence electrons. The van der Waals surface area contributed by atoms with Gasteiger partial charge in [0.15, 0.2) is 0 Å². The minimum Gasteiger partial charge on any atom is -0.350 e. The van der Waals surface area contributed by atoms with E-state index in [1.807, 2.05) is 0 Å². The maximum atomic E-state index is 11.0. The summed E-state index contributed by atoms with van der Waals surface area (Å²) in [5.74, 6) is 11.2. The molecule has 0 fully saturated rings. The van der Waals surface area contributed by atoms with Crippen LogP contribution in [0.3, 0.4) is 0 Å². The maximum Gasteiger partial charge on any atom is 0.329 e. The molecule has 8 N–H and O–H groups in total. The molecule has 0 heterocycles. The number of nitrogens with two attached hydrogens (primary N) is 4. The van der Waals surface area contributed by atoms with Crippen molar-refractivity contribution in [1.82, 2.24) is 10.0 Å². The maximum absolute atomic E-state index is 11.0. The second-order valence-electron chi connectivity index (χ2n) is 5.54. The number of hydrogen-bond donors (Lipinski definition) is 4. The van der Waals surface area contributed by atoms with E-state index in [4.69, 9.17) is 23.2 Å². The number of nitrogens with zero attached hydrogens (tertiary/aromatic N) is 2. The summed E-state index contributed by atoms with van der Waals surface area (Å²) in [7, 11) is 0. The normalized spacial score (nSPS) is 12.1. The van der Waals surface area contributed by atoms with E-state index in [0.717, 1.165) is 10.0 Å². The van der Waals surface area contributed by atoms with Crippen LogP contribution in [-0.4, -0.2) is 33.2 Å². The summed E-state index contributed by atoms with van der Waals surface area (Å²) in [5.41, 5.74) is 8.97. The first-order valence-corrected chi connectivity index (χ1v) is 5.60. The number of amides is 4. The molecule has 0 radical (unpaired) electrons. The van der Waals surface area contributed by atoms with Gasteiger partial charge in [0.05, 0.1) is 11.1 Å². The third-order valence-electron chi connectivity index (χ3n) is 3.13. The van der Waals surface area contributed by atoms with Crippen molar-refractivity contribution >= 4 is 12.1 Å². The van der Waals surface area contributed by atoms with Gasteiger partial charge in [0.2, 0.25) is 0 Å². The van der Waals surface area contributed by atoms with Crippen LogP contribution in [0.4, 0.5) is 9.59 Å². The van der Waals surface area contributed by atoms with Gasteiger partial charge in [-0.25, -0.2) is 21.3 Å². The molecule has 0 aliphatic heterocycles. The molecule has 0 saturated heterocycles. The van der Waals surface area contributed by atoms with Crippen LogP contribution in [0.15, 0.2) is 0 Å². The van der Waals surface area contributed by atoms with Crippen molar-refractivity contribution in [1.29, 1.82) is 0 Å². The van der Waals surface area contributed by atoms with E-state index in [9.17, 15) is 9.59 Å². The SMILES string of the molecule is CC(C)(CCC(C)(C)N(N)C(N)=O)N(N)C(N)=O. The molecular formula is C10H24N6O2. The van der Waals surface area contributed by atoms with Crippen LogP contribution in [0, 0.1) is 0 Å². The minimum atomic E-state index is -0.711. The Morgan fingerprint density at radius 2 is 1.06 bits per heavy atom. The van der Waals surface area contributed by atoms with E-state index in [0.29, 0.717) is 12.8 Å². The number of carbonyl (C=O) groups is 2. The second-order valence-corrected chi connectivity index (χ2v) is 5.54. The molecule has 0 aliphatic carbocycles. The van der Waals surface area contributed by atoms with Crippen LogP contribution in [0.25, 0.3) is 0 Å². The van der Waals surface area contributed by atoms with Crippen molar-refractivity contribution in [2.24, 2.45) is 23.2 Å². The number of rotatable bonds is 5. The molecule has 0 atom stereocenters. The van der Waals surface area contributed by atoms with E-state index < -0.39 is 23.1 Å². The van der Waals surface area contributed by atoms with Crippen molar-refractivity contribution < 1.29 is 9.59 Å². The third kappa shape index (κ3) is 4.04. The summed E-state index contributed by atoms with van der Waals surface area (Å²) in [6, 6.07) is -1.42. The highest BCUT2D eigenvalue weighted by Gasteiger charge is 2.33. The average molecular weight is 260 g/mol. The van der Waals surface area contributed by atoms with Crippen molar-refractivity contribution in [2.45, 2.75) is 51.6 Å². The Labute approximate surface area is 107 Å². The first-order chi connectivity index (χ1) is 7.92. The molecule has 4 amide bonds. The Morgan fingerprint density at radius 3 is 1.22 bits per heavy atom. The van der Waals surface area contributed by atoms with Crippen LogP contribution in [0.1, 0.15) is 40.5 Å². The quantitative estimate of drug-likeness (QED) is 0.309. The zero-order chi connectivity index (χ0) is 14.7. The summed E-state index contributed by atoms with van der Waals surface area (Å²) in [5, 5.41) is 1.93. The highest BCUT2D eigenvalue weighted by molar-refractivity contribution is 5.72. The lowest BCUT2D eigenvalue weighted by molar-refractivity contribution is 0.0975. The topological polar surface area (TPSA) is 145 Å². The van der Waals surface area contributed by atoms with Gasteiger partial charge in [0.1, 0.15) is 0 Å². The second kappa shape index (κ2) is 5.40. The predicted octanol–water partition coefficient (Wildman–Crippen LogP) is -0.167. The number of carbonyl (C=O) groups excluding carboxylic acids is 2. The number of hydrazine groups is 2. The Morgan fingerprint density at radius 1 is 0.833 bits per heavy atom. The van der Waals surface area contributed by atoms with Gasteiger partial charge in [0.25, 0.3) is 0 Å². The van der Waals surface area contributed by atoms with E-state index in [1.165, 1.54) is 0 Å². The van der Waals surface area contributed by atoms with Crippen LogP contribution >= 0.6 is 0 Å². The van der Waals surface area contributed by atoms with Gasteiger partial charge in [-0.3, -0.25) is 10.0 Å². The monoisotopic (exact) mass is 260 g/mol. The zero-order valence-corrected chi connectivity index (χ0v) is 11.4. The smallest absolute Gasteiger partial charge is 0.329 e. The van der Waals surface area contributed by atoms with Crippen LogP contribution in [-0.2, 0) is 0 Å². The van der Waals surface area contributed by atoms with Gasteiger partial charge >= 0.3 is 12.1 Å². The molecule has 0 aromatic carbocycles. The lowest BCUT2D eigenvalue weighted by atomic mass is 9.88. The van der Waals surface area contributed by atoms with Gasteiger partial charge in [0, 0.05) is 0 Å². The molecule has 0 saturated carbocycles. The zero-order valence-electron chi connectivity index (χ0n) is 11.4. The molecule has 0 aromatic rings. The molecule has 8 nitrogen and oxygen atoms in total.